The summed E-state index contributed by atoms with van der Waals surface area (Å²) >= 11 is 3.43. The van der Waals surface area contributed by atoms with E-state index in [1.54, 1.807) is 13.0 Å². The Kier molecular flexibility index (Phi) is 5.05. The van der Waals surface area contributed by atoms with Crippen LogP contribution in [-0.4, -0.2) is 17.0 Å². The largest absolute Gasteiger partial charge is 0.340 e. The molecule has 5 heteroatoms. The number of hydrogen-bond donors (Lipinski definition) is 2. The molecule has 0 aliphatic rings. The summed E-state index contributed by atoms with van der Waals surface area (Å²) in [5.41, 5.74) is 3.95. The fraction of sp³-hybridized carbons (Fsp3) is 0.0500. The lowest BCUT2D eigenvalue weighted by atomic mass is 9.97. The molecule has 2 N–H and O–H groups in total. The number of nitrogens with zero attached hydrogens (tertiary/aromatic N) is 1. The van der Waals surface area contributed by atoms with Crippen LogP contribution in [0.4, 0.5) is 11.5 Å². The fourth-order valence-corrected chi connectivity index (χ4v) is 2.87. The molecule has 4 nitrogen and oxygen atoms in total. The highest BCUT2D eigenvalue weighted by Gasteiger charge is 2.16. The molecule has 0 aliphatic carbocycles. The molecule has 0 saturated heterocycles. The van der Waals surface area contributed by atoms with Gasteiger partial charge in [-0.2, -0.15) is 0 Å². The standard InChI is InChI=1S/C20H16BrN3O/c1-13(22)19-18(14-7-9-15(21)10-8-14)11-17(12-25)24-20(19)23-16-5-3-2-4-6-16/h2-12,22H,1H3,(H,23,24). The Morgan fingerprint density at radius 2 is 1.80 bits per heavy atom. The zero-order valence-electron chi connectivity index (χ0n) is 13.6. The lowest BCUT2D eigenvalue weighted by molar-refractivity contribution is 0.111. The lowest BCUT2D eigenvalue weighted by Gasteiger charge is -2.16. The zero-order chi connectivity index (χ0) is 17.8. The van der Waals surface area contributed by atoms with Crippen molar-refractivity contribution in [1.29, 1.82) is 5.41 Å². The average molecular weight is 394 g/mol. The van der Waals surface area contributed by atoms with E-state index in [4.69, 9.17) is 5.41 Å². The predicted molar refractivity (Wildman–Crippen MR) is 105 cm³/mol. The summed E-state index contributed by atoms with van der Waals surface area (Å²) in [5.74, 6) is 0.501. The number of pyridine rings is 1. The van der Waals surface area contributed by atoms with E-state index in [9.17, 15) is 4.79 Å². The van der Waals surface area contributed by atoms with Gasteiger partial charge >= 0.3 is 0 Å². The fourth-order valence-electron chi connectivity index (χ4n) is 2.61. The van der Waals surface area contributed by atoms with Gasteiger partial charge in [-0.1, -0.05) is 46.3 Å². The van der Waals surface area contributed by atoms with Gasteiger partial charge in [0.25, 0.3) is 0 Å². The number of halogens is 1. The number of para-hydroxylation sites is 1. The van der Waals surface area contributed by atoms with Crippen LogP contribution in [0.15, 0.2) is 65.1 Å². The van der Waals surface area contributed by atoms with Gasteiger partial charge in [-0.05, 0) is 48.4 Å². The number of aromatic nitrogens is 1. The number of carbonyl (C=O) groups is 1. The topological polar surface area (TPSA) is 65.8 Å². The minimum absolute atomic E-state index is 0.321. The molecule has 0 unspecified atom stereocenters. The van der Waals surface area contributed by atoms with E-state index in [0.29, 0.717) is 22.8 Å². The molecule has 0 radical (unpaired) electrons. The molecule has 0 fully saturated rings. The van der Waals surface area contributed by atoms with Gasteiger partial charge in [0, 0.05) is 21.4 Å². The number of hydrogen-bond acceptors (Lipinski definition) is 4. The van der Waals surface area contributed by atoms with E-state index in [0.717, 1.165) is 27.6 Å². The highest BCUT2D eigenvalue weighted by molar-refractivity contribution is 9.10. The molecule has 0 amide bonds. The van der Waals surface area contributed by atoms with Gasteiger partial charge in [-0.25, -0.2) is 4.98 Å². The van der Waals surface area contributed by atoms with Crippen LogP contribution in [0.25, 0.3) is 11.1 Å². The van der Waals surface area contributed by atoms with E-state index in [-0.39, 0.29) is 0 Å². The molecule has 0 aliphatic heterocycles. The zero-order valence-corrected chi connectivity index (χ0v) is 15.2. The number of rotatable bonds is 5. The summed E-state index contributed by atoms with van der Waals surface area (Å²) < 4.78 is 0.969. The summed E-state index contributed by atoms with van der Waals surface area (Å²) in [5, 5.41) is 11.5. The van der Waals surface area contributed by atoms with Crippen molar-refractivity contribution >= 4 is 39.4 Å². The van der Waals surface area contributed by atoms with Crippen molar-refractivity contribution in [3.05, 3.63) is 76.4 Å². The molecule has 0 saturated carbocycles. The maximum Gasteiger partial charge on any atom is 0.168 e. The average Bonchev–Trinajstić information content (AvgIpc) is 2.62. The molecular weight excluding hydrogens is 378 g/mol. The molecule has 124 valence electrons. The van der Waals surface area contributed by atoms with Crippen molar-refractivity contribution in [2.75, 3.05) is 5.32 Å². The molecule has 3 rings (SSSR count). The van der Waals surface area contributed by atoms with E-state index in [2.05, 4.69) is 26.2 Å². The number of anilines is 2. The van der Waals surface area contributed by atoms with Crippen LogP contribution in [0.3, 0.4) is 0 Å². The summed E-state index contributed by atoms with van der Waals surface area (Å²) in [7, 11) is 0. The Bertz CT molecular complexity index is 922. The van der Waals surface area contributed by atoms with Gasteiger partial charge in [0.05, 0.1) is 0 Å². The van der Waals surface area contributed by atoms with Crippen molar-refractivity contribution < 1.29 is 4.79 Å². The monoisotopic (exact) mass is 393 g/mol. The normalized spacial score (nSPS) is 10.3. The third kappa shape index (κ3) is 3.83. The highest BCUT2D eigenvalue weighted by atomic mass is 79.9. The summed E-state index contributed by atoms with van der Waals surface area (Å²) in [4.78, 5) is 15.8. The van der Waals surface area contributed by atoms with Crippen LogP contribution in [-0.2, 0) is 0 Å². The molecule has 2 aromatic carbocycles. The van der Waals surface area contributed by atoms with Crippen molar-refractivity contribution in [2.24, 2.45) is 0 Å². The molecule has 1 aromatic heterocycles. The van der Waals surface area contributed by atoms with Crippen LogP contribution in [0.1, 0.15) is 23.0 Å². The van der Waals surface area contributed by atoms with Crippen LogP contribution in [0.2, 0.25) is 0 Å². The van der Waals surface area contributed by atoms with Crippen LogP contribution < -0.4 is 5.32 Å². The summed E-state index contributed by atoms with van der Waals surface area (Å²) in [6.07, 6.45) is 0.724. The SMILES string of the molecule is CC(=N)c1c(-c2ccc(Br)cc2)cc(C=O)nc1Nc1ccccc1. The van der Waals surface area contributed by atoms with Crippen LogP contribution in [0, 0.1) is 5.41 Å². The maximum absolute atomic E-state index is 11.4. The molecular formula is C20H16BrN3O. The summed E-state index contributed by atoms with van der Waals surface area (Å²) in [6, 6.07) is 19.1. The van der Waals surface area contributed by atoms with Crippen molar-refractivity contribution in [1.82, 2.24) is 4.98 Å². The minimum Gasteiger partial charge on any atom is -0.340 e. The Labute approximate surface area is 154 Å². The Balaban J connectivity index is 2.20. The molecule has 0 bridgehead atoms. The Hall–Kier alpha value is -2.79. The van der Waals surface area contributed by atoms with E-state index in [1.165, 1.54) is 0 Å². The predicted octanol–water partition coefficient (Wildman–Crippen LogP) is 5.45. The van der Waals surface area contributed by atoms with E-state index < -0.39 is 0 Å². The maximum atomic E-state index is 11.4. The smallest absolute Gasteiger partial charge is 0.168 e. The van der Waals surface area contributed by atoms with Crippen molar-refractivity contribution in [3.8, 4) is 11.1 Å². The highest BCUT2D eigenvalue weighted by Crippen LogP contribution is 2.31. The van der Waals surface area contributed by atoms with Gasteiger partial charge in [0.2, 0.25) is 0 Å². The minimum atomic E-state index is 0.321. The molecule has 3 aromatic rings. The third-order valence-electron chi connectivity index (χ3n) is 3.73. The summed E-state index contributed by atoms with van der Waals surface area (Å²) in [6.45, 7) is 1.72. The molecule has 0 spiro atoms. The first-order valence-corrected chi connectivity index (χ1v) is 8.51. The lowest BCUT2D eigenvalue weighted by Crippen LogP contribution is -2.07. The second-order valence-electron chi connectivity index (χ2n) is 5.56. The Morgan fingerprint density at radius 1 is 1.12 bits per heavy atom. The molecule has 25 heavy (non-hydrogen) atoms. The van der Waals surface area contributed by atoms with E-state index in [1.807, 2.05) is 54.6 Å². The molecule has 0 atom stereocenters. The van der Waals surface area contributed by atoms with Crippen LogP contribution >= 0.6 is 15.9 Å². The van der Waals surface area contributed by atoms with Gasteiger partial charge in [0.1, 0.15) is 11.5 Å². The van der Waals surface area contributed by atoms with Gasteiger partial charge < -0.3 is 10.7 Å². The van der Waals surface area contributed by atoms with Gasteiger partial charge in [0.15, 0.2) is 6.29 Å². The number of nitrogens with one attached hydrogen (secondary N) is 2. The van der Waals surface area contributed by atoms with E-state index >= 15 is 0 Å². The first-order valence-electron chi connectivity index (χ1n) is 7.72. The first kappa shape index (κ1) is 17.0. The molecule has 1 heterocycles. The second kappa shape index (κ2) is 7.40. The number of carbonyl (C=O) groups excluding carboxylic acids is 1. The van der Waals surface area contributed by atoms with Gasteiger partial charge in [-0.3, -0.25) is 4.79 Å². The third-order valence-corrected chi connectivity index (χ3v) is 4.26. The first-order chi connectivity index (χ1) is 12.1. The van der Waals surface area contributed by atoms with Crippen molar-refractivity contribution in [2.45, 2.75) is 6.92 Å². The number of benzene rings is 2. The van der Waals surface area contributed by atoms with Crippen molar-refractivity contribution in [3.63, 3.8) is 0 Å². The van der Waals surface area contributed by atoms with Crippen LogP contribution in [0.5, 0.6) is 0 Å². The second-order valence-corrected chi connectivity index (χ2v) is 6.47. The number of aldehydes is 1. The Morgan fingerprint density at radius 3 is 2.40 bits per heavy atom. The van der Waals surface area contributed by atoms with Gasteiger partial charge in [-0.15, -0.1) is 0 Å². The quantitative estimate of drug-likeness (QED) is 0.446.